The van der Waals surface area contributed by atoms with E-state index in [9.17, 15) is 13.2 Å². The zero-order valence-electron chi connectivity index (χ0n) is 8.81. The highest BCUT2D eigenvalue weighted by molar-refractivity contribution is 6.17. The third kappa shape index (κ3) is 3.79. The van der Waals surface area contributed by atoms with Crippen LogP contribution in [-0.4, -0.2) is 11.3 Å². The van der Waals surface area contributed by atoms with Crippen LogP contribution in [0.15, 0.2) is 6.07 Å². The lowest BCUT2D eigenvalue weighted by atomic mass is 10.1. The number of aromatic nitrogens is 1. The zero-order valence-corrected chi connectivity index (χ0v) is 9.56. The second-order valence-electron chi connectivity index (χ2n) is 3.20. The van der Waals surface area contributed by atoms with E-state index in [0.29, 0.717) is 16.8 Å². The lowest BCUT2D eigenvalue weighted by Crippen LogP contribution is -2.18. The molecule has 0 fully saturated rings. The number of hydrogen-bond donors (Lipinski definition) is 0. The van der Waals surface area contributed by atoms with Crippen LogP contribution in [0.3, 0.4) is 0 Å². The molecule has 17 heavy (non-hydrogen) atoms. The van der Waals surface area contributed by atoms with Crippen LogP contribution in [0.5, 0.6) is 5.88 Å². The lowest BCUT2D eigenvalue weighted by molar-refractivity contribution is -0.276. The quantitative estimate of drug-likeness (QED) is 0.788. The van der Waals surface area contributed by atoms with Crippen molar-refractivity contribution in [3.63, 3.8) is 0 Å². The normalized spacial score (nSPS) is 11.1. The van der Waals surface area contributed by atoms with Crippen molar-refractivity contribution in [1.29, 1.82) is 5.26 Å². The number of nitriles is 1. The predicted octanol–water partition coefficient (Wildman–Crippen LogP) is 3.09. The van der Waals surface area contributed by atoms with E-state index in [1.54, 1.807) is 0 Å². The van der Waals surface area contributed by atoms with E-state index in [2.05, 4.69) is 9.72 Å². The summed E-state index contributed by atoms with van der Waals surface area (Å²) in [4.78, 5) is 3.64. The average Bonchev–Trinajstić information content (AvgIpc) is 2.15. The maximum Gasteiger partial charge on any atom is 0.574 e. The summed E-state index contributed by atoms with van der Waals surface area (Å²) in [6.45, 7) is 1.52. The summed E-state index contributed by atoms with van der Waals surface area (Å²) in [5, 5.41) is 8.58. The Hall–Kier alpha value is -1.48. The van der Waals surface area contributed by atoms with E-state index in [4.69, 9.17) is 16.9 Å². The first-order valence-electron chi connectivity index (χ1n) is 4.55. The summed E-state index contributed by atoms with van der Waals surface area (Å²) >= 11 is 5.65. The van der Waals surface area contributed by atoms with Crippen LogP contribution in [0.2, 0.25) is 0 Å². The fourth-order valence-corrected chi connectivity index (χ4v) is 1.69. The lowest BCUT2D eigenvalue weighted by Gasteiger charge is -2.12. The number of halogens is 4. The standard InChI is InChI=1S/C10H8ClF3N2O/c1-6-8(5-11)7(2-3-15)4-9(16-6)17-10(12,13)14/h4H,2,5H2,1H3. The molecule has 0 saturated carbocycles. The van der Waals surface area contributed by atoms with Gasteiger partial charge in [0.05, 0.1) is 12.5 Å². The molecule has 0 aliphatic heterocycles. The van der Waals surface area contributed by atoms with Crippen LogP contribution in [0.25, 0.3) is 0 Å². The first-order valence-corrected chi connectivity index (χ1v) is 5.09. The van der Waals surface area contributed by atoms with Crippen LogP contribution < -0.4 is 4.74 Å². The molecule has 3 nitrogen and oxygen atoms in total. The second-order valence-corrected chi connectivity index (χ2v) is 3.47. The number of ether oxygens (including phenoxy) is 1. The van der Waals surface area contributed by atoms with Gasteiger partial charge in [-0.1, -0.05) is 0 Å². The minimum absolute atomic E-state index is 0.0420. The van der Waals surface area contributed by atoms with Crippen LogP contribution >= 0.6 is 11.6 Å². The van der Waals surface area contributed by atoms with Crippen LogP contribution in [-0.2, 0) is 12.3 Å². The Morgan fingerprint density at radius 1 is 1.53 bits per heavy atom. The molecule has 0 atom stereocenters. The van der Waals surface area contributed by atoms with Gasteiger partial charge in [-0.05, 0) is 18.1 Å². The van der Waals surface area contributed by atoms with E-state index >= 15 is 0 Å². The van der Waals surface area contributed by atoms with E-state index < -0.39 is 12.2 Å². The van der Waals surface area contributed by atoms with Gasteiger partial charge in [-0.2, -0.15) is 5.26 Å². The molecule has 92 valence electrons. The molecular formula is C10H8ClF3N2O. The predicted molar refractivity (Wildman–Crippen MR) is 54.5 cm³/mol. The van der Waals surface area contributed by atoms with Crippen molar-refractivity contribution in [3.8, 4) is 11.9 Å². The van der Waals surface area contributed by atoms with Crippen molar-refractivity contribution in [2.75, 3.05) is 0 Å². The van der Waals surface area contributed by atoms with Crippen molar-refractivity contribution in [2.45, 2.75) is 25.6 Å². The first kappa shape index (κ1) is 13.6. The Morgan fingerprint density at radius 2 is 2.18 bits per heavy atom. The summed E-state index contributed by atoms with van der Waals surface area (Å²) < 4.78 is 39.8. The molecule has 0 amide bonds. The van der Waals surface area contributed by atoms with Gasteiger partial charge in [0.15, 0.2) is 0 Å². The van der Waals surface area contributed by atoms with Crippen LogP contribution in [0.1, 0.15) is 16.8 Å². The van der Waals surface area contributed by atoms with Gasteiger partial charge in [-0.25, -0.2) is 4.98 Å². The second kappa shape index (κ2) is 5.23. The van der Waals surface area contributed by atoms with Crippen LogP contribution in [0.4, 0.5) is 13.2 Å². The minimum Gasteiger partial charge on any atom is -0.388 e. The third-order valence-electron chi connectivity index (χ3n) is 2.02. The van der Waals surface area contributed by atoms with E-state index in [0.717, 1.165) is 6.07 Å². The van der Waals surface area contributed by atoms with Crippen molar-refractivity contribution in [1.82, 2.24) is 4.98 Å². The van der Waals surface area contributed by atoms with Gasteiger partial charge in [0.1, 0.15) is 0 Å². The Kier molecular flexibility index (Phi) is 4.18. The molecule has 1 aromatic rings. The largest absolute Gasteiger partial charge is 0.574 e. The maximum atomic E-state index is 12.0. The summed E-state index contributed by atoms with van der Waals surface area (Å²) in [6, 6.07) is 2.94. The fourth-order valence-electron chi connectivity index (χ4n) is 1.33. The van der Waals surface area contributed by atoms with Crippen molar-refractivity contribution in [3.05, 3.63) is 22.9 Å². The number of rotatable bonds is 3. The summed E-state index contributed by atoms with van der Waals surface area (Å²) in [7, 11) is 0. The molecular weight excluding hydrogens is 257 g/mol. The highest BCUT2D eigenvalue weighted by Gasteiger charge is 2.32. The molecule has 0 unspecified atom stereocenters. The Morgan fingerprint density at radius 3 is 2.65 bits per heavy atom. The average molecular weight is 265 g/mol. The van der Waals surface area contributed by atoms with Gasteiger partial charge in [0.25, 0.3) is 0 Å². The highest BCUT2D eigenvalue weighted by Crippen LogP contribution is 2.25. The van der Waals surface area contributed by atoms with Gasteiger partial charge in [-0.15, -0.1) is 24.8 Å². The van der Waals surface area contributed by atoms with Gasteiger partial charge in [0.2, 0.25) is 5.88 Å². The minimum atomic E-state index is -4.80. The highest BCUT2D eigenvalue weighted by atomic mass is 35.5. The van der Waals surface area contributed by atoms with Gasteiger partial charge in [0, 0.05) is 17.6 Å². The number of nitrogens with zero attached hydrogens (tertiary/aromatic N) is 2. The van der Waals surface area contributed by atoms with Gasteiger partial charge >= 0.3 is 6.36 Å². The van der Waals surface area contributed by atoms with Crippen LogP contribution in [0, 0.1) is 18.3 Å². The summed E-state index contributed by atoms with van der Waals surface area (Å²) in [5.41, 5.74) is 1.28. The molecule has 7 heteroatoms. The molecule has 0 aliphatic carbocycles. The Labute approximate surface area is 101 Å². The van der Waals surface area contributed by atoms with E-state index in [1.165, 1.54) is 6.92 Å². The zero-order chi connectivity index (χ0) is 13.1. The molecule has 0 bridgehead atoms. The van der Waals surface area contributed by atoms with Gasteiger partial charge in [-0.3, -0.25) is 0 Å². The fraction of sp³-hybridized carbons (Fsp3) is 0.400. The van der Waals surface area contributed by atoms with E-state index in [1.807, 2.05) is 6.07 Å². The topological polar surface area (TPSA) is 45.9 Å². The van der Waals surface area contributed by atoms with Crippen molar-refractivity contribution in [2.24, 2.45) is 0 Å². The molecule has 1 heterocycles. The van der Waals surface area contributed by atoms with Gasteiger partial charge < -0.3 is 4.74 Å². The molecule has 0 N–H and O–H groups in total. The van der Waals surface area contributed by atoms with Crippen molar-refractivity contribution < 1.29 is 17.9 Å². The SMILES string of the molecule is Cc1nc(OC(F)(F)F)cc(CC#N)c1CCl. The molecule has 0 spiro atoms. The number of hydrogen-bond acceptors (Lipinski definition) is 3. The molecule has 0 aromatic carbocycles. The Balaban J connectivity index is 3.15. The smallest absolute Gasteiger partial charge is 0.388 e. The number of aryl methyl sites for hydroxylation is 1. The number of alkyl halides is 4. The van der Waals surface area contributed by atoms with Crippen molar-refractivity contribution >= 4 is 11.6 Å². The molecule has 1 rings (SSSR count). The first-order chi connectivity index (χ1) is 7.87. The summed E-state index contributed by atoms with van der Waals surface area (Å²) in [5.74, 6) is -0.489. The molecule has 0 radical (unpaired) electrons. The molecule has 1 aromatic heterocycles. The number of pyridine rings is 1. The molecule has 0 saturated heterocycles. The maximum absolute atomic E-state index is 12.0. The Bertz CT molecular complexity index is 454. The third-order valence-corrected chi connectivity index (χ3v) is 2.29. The monoisotopic (exact) mass is 264 g/mol. The summed E-state index contributed by atoms with van der Waals surface area (Å²) in [6.07, 6.45) is -4.84. The molecule has 0 aliphatic rings. The van der Waals surface area contributed by atoms with E-state index in [-0.39, 0.29) is 12.3 Å².